The number of rotatable bonds is 6. The van der Waals surface area contributed by atoms with E-state index in [0.29, 0.717) is 43.4 Å². The van der Waals surface area contributed by atoms with Crippen LogP contribution < -0.4 is 5.73 Å². The Bertz CT molecular complexity index is 722. The number of nitrogens with zero attached hydrogens (tertiary/aromatic N) is 2. The minimum Gasteiger partial charge on any atom is -0.461 e. The number of benzene rings is 1. The summed E-state index contributed by atoms with van der Waals surface area (Å²) in [5, 5.41) is 0.498. The first kappa shape index (κ1) is 19.7. The Labute approximate surface area is 153 Å². The van der Waals surface area contributed by atoms with Crippen LogP contribution in [0.2, 0.25) is 5.02 Å². The number of allylic oxidation sites excluding steroid dienone is 1. The van der Waals surface area contributed by atoms with Crippen molar-refractivity contribution in [2.75, 3.05) is 39.3 Å². The molecule has 138 valence electrons. The van der Waals surface area contributed by atoms with E-state index in [1.54, 1.807) is 19.1 Å². The van der Waals surface area contributed by atoms with E-state index in [-0.39, 0.29) is 11.5 Å². The Morgan fingerprint density at radius 3 is 2.40 bits per heavy atom. The van der Waals surface area contributed by atoms with Crippen molar-refractivity contribution in [3.8, 4) is 0 Å². The van der Waals surface area contributed by atoms with Gasteiger partial charge >= 0.3 is 5.97 Å². The maximum atomic E-state index is 12.6. The van der Waals surface area contributed by atoms with Gasteiger partial charge in [0.2, 0.25) is 10.0 Å². The van der Waals surface area contributed by atoms with Crippen molar-refractivity contribution in [2.24, 2.45) is 5.73 Å². The van der Waals surface area contributed by atoms with Crippen LogP contribution in [0.25, 0.3) is 0 Å². The van der Waals surface area contributed by atoms with Crippen LogP contribution in [0.5, 0.6) is 0 Å². The monoisotopic (exact) mass is 387 g/mol. The van der Waals surface area contributed by atoms with Gasteiger partial charge in [0.25, 0.3) is 0 Å². The molecule has 1 aliphatic rings. The van der Waals surface area contributed by atoms with Crippen LogP contribution >= 0.6 is 11.6 Å². The number of hydrogen-bond acceptors (Lipinski definition) is 6. The highest BCUT2D eigenvalue weighted by molar-refractivity contribution is 7.89. The highest BCUT2D eigenvalue weighted by atomic mass is 35.5. The molecule has 0 radical (unpaired) electrons. The fourth-order valence-corrected chi connectivity index (χ4v) is 4.00. The number of hydrogen-bond donors (Lipinski definition) is 1. The van der Waals surface area contributed by atoms with Crippen molar-refractivity contribution in [2.45, 2.75) is 11.8 Å². The van der Waals surface area contributed by atoms with Crippen molar-refractivity contribution in [3.63, 3.8) is 0 Å². The van der Waals surface area contributed by atoms with Gasteiger partial charge in [-0.25, -0.2) is 13.2 Å². The lowest BCUT2D eigenvalue weighted by Crippen LogP contribution is -2.49. The summed E-state index contributed by atoms with van der Waals surface area (Å²) in [5.41, 5.74) is 5.79. The van der Waals surface area contributed by atoms with E-state index < -0.39 is 16.0 Å². The Hall–Kier alpha value is -1.61. The predicted molar refractivity (Wildman–Crippen MR) is 95.6 cm³/mol. The van der Waals surface area contributed by atoms with Gasteiger partial charge < -0.3 is 10.5 Å². The van der Waals surface area contributed by atoms with Gasteiger partial charge in [-0.15, -0.1) is 0 Å². The van der Waals surface area contributed by atoms with Gasteiger partial charge in [-0.3, -0.25) is 4.90 Å². The zero-order chi connectivity index (χ0) is 18.4. The van der Waals surface area contributed by atoms with Crippen molar-refractivity contribution in [1.82, 2.24) is 9.21 Å². The minimum absolute atomic E-state index is 0.239. The van der Waals surface area contributed by atoms with E-state index in [9.17, 15) is 13.2 Å². The number of nitrogens with two attached hydrogens (primary N) is 1. The molecule has 1 heterocycles. The fourth-order valence-electron chi connectivity index (χ4n) is 2.45. The molecule has 9 heteroatoms. The molecule has 1 saturated heterocycles. The quantitative estimate of drug-likeness (QED) is 0.579. The second-order valence-electron chi connectivity index (χ2n) is 5.76. The summed E-state index contributed by atoms with van der Waals surface area (Å²) < 4.78 is 31.7. The molecule has 1 fully saturated rings. The summed E-state index contributed by atoms with van der Waals surface area (Å²) in [6.45, 7) is 4.35. The van der Waals surface area contributed by atoms with Gasteiger partial charge in [0.05, 0.1) is 4.90 Å². The standard InChI is InChI=1S/C16H22ClN3O4S/c1-13(18)12-16(21)24-11-10-19-6-8-20(9-7-19)25(22,23)15-4-2-14(17)3-5-15/h2-5,12H,6-11,18H2,1H3/b13-12-. The Kier molecular flexibility index (Phi) is 6.83. The Morgan fingerprint density at radius 1 is 1.24 bits per heavy atom. The first-order chi connectivity index (χ1) is 11.8. The van der Waals surface area contributed by atoms with Gasteiger partial charge in [-0.2, -0.15) is 4.31 Å². The lowest BCUT2D eigenvalue weighted by atomic mass is 10.3. The molecule has 0 amide bonds. The second-order valence-corrected chi connectivity index (χ2v) is 8.13. The number of piperazine rings is 1. The fraction of sp³-hybridized carbons (Fsp3) is 0.438. The second kappa shape index (κ2) is 8.66. The van der Waals surface area contributed by atoms with Crippen LogP contribution in [0.3, 0.4) is 0 Å². The molecule has 0 spiro atoms. The zero-order valence-electron chi connectivity index (χ0n) is 14.0. The Balaban J connectivity index is 1.82. The number of carbonyl (C=O) groups is 1. The van der Waals surface area contributed by atoms with E-state index >= 15 is 0 Å². The number of ether oxygens (including phenoxy) is 1. The molecule has 25 heavy (non-hydrogen) atoms. The van der Waals surface area contributed by atoms with E-state index in [2.05, 4.69) is 4.90 Å². The molecule has 7 nitrogen and oxygen atoms in total. The van der Waals surface area contributed by atoms with Gasteiger partial charge in [0.15, 0.2) is 0 Å². The number of esters is 1. The average Bonchev–Trinajstić information content (AvgIpc) is 2.55. The van der Waals surface area contributed by atoms with Crippen LogP contribution in [0.4, 0.5) is 0 Å². The molecular formula is C16H22ClN3O4S. The predicted octanol–water partition coefficient (Wildman–Crippen LogP) is 1.05. The molecule has 0 unspecified atom stereocenters. The van der Waals surface area contributed by atoms with Crippen molar-refractivity contribution < 1.29 is 17.9 Å². The highest BCUT2D eigenvalue weighted by Gasteiger charge is 2.28. The first-order valence-electron chi connectivity index (χ1n) is 7.87. The lowest BCUT2D eigenvalue weighted by molar-refractivity contribution is -0.138. The normalized spacial score (nSPS) is 17.4. The number of sulfonamides is 1. The van der Waals surface area contributed by atoms with E-state index in [0.717, 1.165) is 0 Å². The minimum atomic E-state index is -3.51. The molecule has 2 N–H and O–H groups in total. The molecule has 0 saturated carbocycles. The smallest absolute Gasteiger partial charge is 0.332 e. The SMILES string of the molecule is C/C(N)=C/C(=O)OCCN1CCN(S(=O)(=O)c2ccc(Cl)cc2)CC1. The van der Waals surface area contributed by atoms with Crippen molar-refractivity contribution in [1.29, 1.82) is 0 Å². The maximum Gasteiger partial charge on any atom is 0.332 e. The highest BCUT2D eigenvalue weighted by Crippen LogP contribution is 2.19. The molecule has 2 rings (SSSR count). The Morgan fingerprint density at radius 2 is 1.84 bits per heavy atom. The zero-order valence-corrected chi connectivity index (χ0v) is 15.6. The maximum absolute atomic E-state index is 12.6. The average molecular weight is 388 g/mol. The first-order valence-corrected chi connectivity index (χ1v) is 9.69. The summed E-state index contributed by atoms with van der Waals surface area (Å²) in [7, 11) is -3.51. The van der Waals surface area contributed by atoms with Gasteiger partial charge in [-0.1, -0.05) is 11.6 Å². The van der Waals surface area contributed by atoms with E-state index in [4.69, 9.17) is 22.1 Å². The summed E-state index contributed by atoms with van der Waals surface area (Å²) in [4.78, 5) is 13.7. The largest absolute Gasteiger partial charge is 0.461 e. The topological polar surface area (TPSA) is 92.9 Å². The number of carbonyl (C=O) groups excluding carboxylic acids is 1. The van der Waals surface area contributed by atoms with Crippen LogP contribution in [0.15, 0.2) is 40.9 Å². The third-order valence-electron chi connectivity index (χ3n) is 3.78. The van der Waals surface area contributed by atoms with Gasteiger partial charge in [-0.05, 0) is 31.2 Å². The molecule has 0 bridgehead atoms. The molecule has 1 aromatic rings. The van der Waals surface area contributed by atoms with Gasteiger partial charge in [0.1, 0.15) is 6.61 Å². The molecule has 1 aromatic carbocycles. The van der Waals surface area contributed by atoms with Crippen LogP contribution in [0, 0.1) is 0 Å². The summed E-state index contributed by atoms with van der Waals surface area (Å²) in [5.74, 6) is -0.469. The molecule has 0 aliphatic carbocycles. The van der Waals surface area contributed by atoms with Crippen molar-refractivity contribution in [3.05, 3.63) is 41.1 Å². The van der Waals surface area contributed by atoms with Crippen LogP contribution in [-0.2, 0) is 19.6 Å². The number of halogens is 1. The third kappa shape index (κ3) is 5.71. The van der Waals surface area contributed by atoms with Crippen LogP contribution in [0.1, 0.15) is 6.92 Å². The molecule has 0 atom stereocenters. The summed E-state index contributed by atoms with van der Waals surface area (Å²) >= 11 is 5.80. The van der Waals surface area contributed by atoms with E-state index in [1.165, 1.54) is 22.5 Å². The lowest BCUT2D eigenvalue weighted by Gasteiger charge is -2.33. The molecule has 1 aliphatic heterocycles. The van der Waals surface area contributed by atoms with Crippen LogP contribution in [-0.4, -0.2) is 62.9 Å². The summed E-state index contributed by atoms with van der Waals surface area (Å²) in [6.07, 6.45) is 1.23. The molecular weight excluding hydrogens is 366 g/mol. The van der Waals surface area contributed by atoms with E-state index in [1.807, 2.05) is 0 Å². The van der Waals surface area contributed by atoms with Crippen molar-refractivity contribution >= 4 is 27.6 Å². The molecule has 0 aromatic heterocycles. The van der Waals surface area contributed by atoms with Gasteiger partial charge in [0, 0.05) is 49.5 Å². The third-order valence-corrected chi connectivity index (χ3v) is 5.94. The summed E-state index contributed by atoms with van der Waals surface area (Å²) in [6, 6.07) is 6.15.